The number of hydrogen-bond acceptors (Lipinski definition) is 5. The van der Waals surface area contributed by atoms with Crippen LogP contribution >= 0.6 is 11.3 Å². The van der Waals surface area contributed by atoms with Gasteiger partial charge in [-0.15, -0.1) is 11.3 Å². The van der Waals surface area contributed by atoms with Gasteiger partial charge in [-0.05, 0) is 26.0 Å². The molecule has 2 aromatic heterocycles. The van der Waals surface area contributed by atoms with Crippen LogP contribution < -0.4 is 11.1 Å². The largest absolute Gasteiger partial charge is 0.397 e. The molecule has 5 heteroatoms. The van der Waals surface area contributed by atoms with Gasteiger partial charge in [0.05, 0.1) is 17.4 Å². The molecule has 3 N–H and O–H groups in total. The summed E-state index contributed by atoms with van der Waals surface area (Å²) in [6, 6.07) is 3.92. The van der Waals surface area contributed by atoms with Crippen LogP contribution in [0.3, 0.4) is 0 Å². The van der Waals surface area contributed by atoms with Gasteiger partial charge in [0.15, 0.2) is 0 Å². The average molecular weight is 248 g/mol. The molecule has 1 atom stereocenters. The highest BCUT2D eigenvalue weighted by Gasteiger charge is 2.09. The lowest BCUT2D eigenvalue weighted by Gasteiger charge is -2.11. The molecule has 0 aliphatic rings. The first-order valence-electron chi connectivity index (χ1n) is 5.51. The average Bonchev–Trinajstić information content (AvgIpc) is 2.74. The molecule has 2 heterocycles. The zero-order valence-electron chi connectivity index (χ0n) is 9.97. The summed E-state index contributed by atoms with van der Waals surface area (Å²) in [6.45, 7) is 4.76. The van der Waals surface area contributed by atoms with Crippen LogP contribution in [0.1, 0.15) is 29.4 Å². The zero-order chi connectivity index (χ0) is 12.3. The molecule has 0 spiro atoms. The maximum atomic E-state index is 5.83. The summed E-state index contributed by atoms with van der Waals surface area (Å²) in [5, 5.41) is 6.53. The third-order valence-electron chi connectivity index (χ3n) is 2.51. The third kappa shape index (κ3) is 3.01. The minimum absolute atomic E-state index is 0.218. The molecule has 0 bridgehead atoms. The SMILES string of the molecule is Cc1csc(C(C)NCc2ncccc2N)n1. The van der Waals surface area contributed by atoms with E-state index in [4.69, 9.17) is 5.73 Å². The van der Waals surface area contributed by atoms with Gasteiger partial charge in [0.2, 0.25) is 0 Å². The van der Waals surface area contributed by atoms with E-state index in [1.54, 1.807) is 17.5 Å². The number of nitrogen functional groups attached to an aromatic ring is 1. The topological polar surface area (TPSA) is 63.8 Å². The van der Waals surface area contributed by atoms with E-state index in [-0.39, 0.29) is 6.04 Å². The first-order chi connectivity index (χ1) is 8.16. The van der Waals surface area contributed by atoms with E-state index >= 15 is 0 Å². The lowest BCUT2D eigenvalue weighted by Crippen LogP contribution is -2.19. The van der Waals surface area contributed by atoms with Gasteiger partial charge in [0.25, 0.3) is 0 Å². The van der Waals surface area contributed by atoms with Crippen molar-refractivity contribution in [2.45, 2.75) is 26.4 Å². The quantitative estimate of drug-likeness (QED) is 0.871. The van der Waals surface area contributed by atoms with E-state index in [0.29, 0.717) is 6.54 Å². The van der Waals surface area contributed by atoms with Gasteiger partial charge in [-0.1, -0.05) is 0 Å². The van der Waals surface area contributed by atoms with Gasteiger partial charge in [-0.25, -0.2) is 4.98 Å². The molecule has 1 unspecified atom stereocenters. The molecule has 90 valence electrons. The van der Waals surface area contributed by atoms with Crippen LogP contribution in [0, 0.1) is 6.92 Å². The number of anilines is 1. The Morgan fingerprint density at radius 1 is 1.53 bits per heavy atom. The number of hydrogen-bond donors (Lipinski definition) is 2. The summed E-state index contributed by atoms with van der Waals surface area (Å²) >= 11 is 1.67. The van der Waals surface area contributed by atoms with Crippen LogP contribution in [-0.2, 0) is 6.54 Å². The monoisotopic (exact) mass is 248 g/mol. The Hall–Kier alpha value is -1.46. The molecule has 0 radical (unpaired) electrons. The number of rotatable bonds is 4. The summed E-state index contributed by atoms with van der Waals surface area (Å²) in [7, 11) is 0. The molecule has 2 rings (SSSR count). The Kier molecular flexibility index (Phi) is 3.71. The van der Waals surface area contributed by atoms with Crippen molar-refractivity contribution in [3.8, 4) is 0 Å². The minimum Gasteiger partial charge on any atom is -0.397 e. The van der Waals surface area contributed by atoms with Crippen molar-refractivity contribution in [1.82, 2.24) is 15.3 Å². The van der Waals surface area contributed by atoms with E-state index in [1.165, 1.54) is 0 Å². The predicted molar refractivity (Wildman–Crippen MR) is 70.8 cm³/mol. The highest BCUT2D eigenvalue weighted by molar-refractivity contribution is 7.09. The van der Waals surface area contributed by atoms with Gasteiger partial charge in [-0.2, -0.15) is 0 Å². The highest BCUT2D eigenvalue weighted by Crippen LogP contribution is 2.18. The zero-order valence-corrected chi connectivity index (χ0v) is 10.8. The van der Waals surface area contributed by atoms with Crippen LogP contribution in [0.25, 0.3) is 0 Å². The Bertz CT molecular complexity index is 495. The molecular weight excluding hydrogens is 232 g/mol. The normalized spacial score (nSPS) is 12.6. The molecule has 17 heavy (non-hydrogen) atoms. The maximum absolute atomic E-state index is 5.83. The fraction of sp³-hybridized carbons (Fsp3) is 0.333. The second-order valence-electron chi connectivity index (χ2n) is 3.97. The van der Waals surface area contributed by atoms with E-state index in [2.05, 4.69) is 27.6 Å². The molecule has 0 aliphatic carbocycles. The van der Waals surface area contributed by atoms with Crippen LogP contribution in [0.2, 0.25) is 0 Å². The predicted octanol–water partition coefficient (Wildman–Crippen LogP) is 2.28. The molecule has 2 aromatic rings. The van der Waals surface area contributed by atoms with Gasteiger partial charge in [-0.3, -0.25) is 4.98 Å². The third-order valence-corrected chi connectivity index (χ3v) is 3.65. The van der Waals surface area contributed by atoms with Crippen LogP contribution in [0.4, 0.5) is 5.69 Å². The molecule has 4 nitrogen and oxygen atoms in total. The molecule has 0 fully saturated rings. The fourth-order valence-electron chi connectivity index (χ4n) is 1.51. The molecule has 0 saturated carbocycles. The van der Waals surface area contributed by atoms with Crippen LogP contribution in [0.15, 0.2) is 23.7 Å². The minimum atomic E-state index is 0.218. The summed E-state index contributed by atoms with van der Waals surface area (Å²) < 4.78 is 0. The number of aromatic nitrogens is 2. The molecule has 0 aliphatic heterocycles. The van der Waals surface area contributed by atoms with Crippen LogP contribution in [-0.4, -0.2) is 9.97 Å². The lowest BCUT2D eigenvalue weighted by molar-refractivity contribution is 0.565. The van der Waals surface area contributed by atoms with Gasteiger partial charge in [0.1, 0.15) is 5.01 Å². The second-order valence-corrected chi connectivity index (χ2v) is 4.86. The highest BCUT2D eigenvalue weighted by atomic mass is 32.1. The van der Waals surface area contributed by atoms with E-state index < -0.39 is 0 Å². The van der Waals surface area contributed by atoms with Crippen molar-refractivity contribution in [3.05, 3.63) is 40.1 Å². The fourth-order valence-corrected chi connectivity index (χ4v) is 2.33. The summed E-state index contributed by atoms with van der Waals surface area (Å²) in [5.74, 6) is 0. The van der Waals surface area contributed by atoms with E-state index in [1.807, 2.05) is 19.1 Å². The van der Waals surface area contributed by atoms with Crippen LogP contribution in [0.5, 0.6) is 0 Å². The van der Waals surface area contributed by atoms with E-state index in [9.17, 15) is 0 Å². The summed E-state index contributed by atoms with van der Waals surface area (Å²) in [6.07, 6.45) is 1.76. The smallest absolute Gasteiger partial charge is 0.110 e. The van der Waals surface area contributed by atoms with Crippen molar-refractivity contribution in [2.75, 3.05) is 5.73 Å². The summed E-state index contributed by atoms with van der Waals surface area (Å²) in [5.41, 5.74) is 8.51. The van der Waals surface area contributed by atoms with Crippen molar-refractivity contribution < 1.29 is 0 Å². The standard InChI is InChI=1S/C12H16N4S/c1-8-7-17-12(16-8)9(2)15-6-11-10(13)4-3-5-14-11/h3-5,7,9,15H,6,13H2,1-2H3. The van der Waals surface area contributed by atoms with Crippen molar-refractivity contribution in [3.63, 3.8) is 0 Å². The Morgan fingerprint density at radius 3 is 3.00 bits per heavy atom. The Labute approximate surface area is 105 Å². The molecule has 0 aromatic carbocycles. The number of nitrogens with two attached hydrogens (primary N) is 1. The van der Waals surface area contributed by atoms with Gasteiger partial charge < -0.3 is 11.1 Å². The Morgan fingerprint density at radius 2 is 2.35 bits per heavy atom. The van der Waals surface area contributed by atoms with E-state index in [0.717, 1.165) is 22.1 Å². The first-order valence-corrected chi connectivity index (χ1v) is 6.39. The Balaban J connectivity index is 1.97. The van der Waals surface area contributed by atoms with Crippen molar-refractivity contribution in [2.24, 2.45) is 0 Å². The number of pyridine rings is 1. The second kappa shape index (κ2) is 5.25. The lowest BCUT2D eigenvalue weighted by atomic mass is 10.2. The summed E-state index contributed by atoms with van der Waals surface area (Å²) in [4.78, 5) is 8.69. The molecule has 0 saturated heterocycles. The number of aryl methyl sites for hydroxylation is 1. The number of nitrogens with zero attached hydrogens (tertiary/aromatic N) is 2. The number of thiazole rings is 1. The van der Waals surface area contributed by atoms with Gasteiger partial charge >= 0.3 is 0 Å². The number of nitrogens with one attached hydrogen (secondary N) is 1. The van der Waals surface area contributed by atoms with Gasteiger partial charge in [0, 0.05) is 23.8 Å². The maximum Gasteiger partial charge on any atom is 0.110 e. The van der Waals surface area contributed by atoms with Crippen molar-refractivity contribution >= 4 is 17.0 Å². The molecule has 0 amide bonds. The first kappa shape index (κ1) is 12.0. The molecular formula is C12H16N4S. The van der Waals surface area contributed by atoms with Crippen molar-refractivity contribution in [1.29, 1.82) is 0 Å².